The lowest BCUT2D eigenvalue weighted by atomic mass is 10.2. The lowest BCUT2D eigenvalue weighted by Crippen LogP contribution is -2.14. The number of aryl methyl sites for hydroxylation is 2. The Hall–Kier alpha value is -3.00. The third kappa shape index (κ3) is 4.37. The molecule has 1 aliphatic heterocycles. The van der Waals surface area contributed by atoms with E-state index in [1.54, 1.807) is 6.07 Å². The molecule has 1 N–H and O–H groups in total. The number of fused-ring (bicyclic) bond motifs is 1. The zero-order valence-electron chi connectivity index (χ0n) is 16.3. The molecule has 7 nitrogen and oxygen atoms in total. The van der Waals surface area contributed by atoms with Crippen molar-refractivity contribution in [2.75, 3.05) is 24.3 Å². The molecule has 4 rings (SSSR count). The van der Waals surface area contributed by atoms with Crippen molar-refractivity contribution in [1.82, 2.24) is 14.8 Å². The predicted molar refractivity (Wildman–Crippen MR) is 112 cm³/mol. The van der Waals surface area contributed by atoms with E-state index in [1.807, 2.05) is 54.8 Å². The van der Waals surface area contributed by atoms with Gasteiger partial charge in [0, 0.05) is 18.2 Å². The van der Waals surface area contributed by atoms with Gasteiger partial charge < -0.3 is 14.8 Å². The molecule has 0 saturated heterocycles. The molecule has 0 atom stereocenters. The second-order valence-electron chi connectivity index (χ2n) is 6.70. The van der Waals surface area contributed by atoms with Gasteiger partial charge in [-0.2, -0.15) is 0 Å². The predicted octanol–water partition coefficient (Wildman–Crippen LogP) is 3.78. The molecule has 0 radical (unpaired) electrons. The number of hydrogen-bond acceptors (Lipinski definition) is 6. The van der Waals surface area contributed by atoms with Gasteiger partial charge in [0.15, 0.2) is 16.7 Å². The largest absolute Gasteiger partial charge is 0.490 e. The maximum absolute atomic E-state index is 12.5. The van der Waals surface area contributed by atoms with Crippen molar-refractivity contribution in [2.45, 2.75) is 25.4 Å². The second kappa shape index (κ2) is 8.57. The molecule has 150 valence electrons. The van der Waals surface area contributed by atoms with E-state index in [-0.39, 0.29) is 11.7 Å². The molecular weight excluding hydrogens is 388 g/mol. The molecule has 0 unspecified atom stereocenters. The Morgan fingerprint density at radius 3 is 2.72 bits per heavy atom. The van der Waals surface area contributed by atoms with Crippen molar-refractivity contribution in [2.24, 2.45) is 0 Å². The number of carbonyl (C=O) groups excluding carboxylic acids is 1. The summed E-state index contributed by atoms with van der Waals surface area (Å²) in [4.78, 5) is 12.5. The van der Waals surface area contributed by atoms with E-state index in [0.29, 0.717) is 35.6 Å². The number of nitrogens with zero attached hydrogens (tertiary/aromatic N) is 3. The van der Waals surface area contributed by atoms with Gasteiger partial charge >= 0.3 is 0 Å². The Morgan fingerprint density at radius 2 is 1.90 bits per heavy atom. The number of nitrogens with one attached hydrogen (secondary N) is 1. The summed E-state index contributed by atoms with van der Waals surface area (Å²) < 4.78 is 13.3. The van der Waals surface area contributed by atoms with Gasteiger partial charge in [-0.1, -0.05) is 30.0 Å². The first-order valence-electron chi connectivity index (χ1n) is 9.42. The first kappa shape index (κ1) is 19.3. The van der Waals surface area contributed by atoms with Gasteiger partial charge in [-0.25, -0.2) is 0 Å². The van der Waals surface area contributed by atoms with Crippen LogP contribution in [-0.4, -0.2) is 39.6 Å². The highest BCUT2D eigenvalue weighted by molar-refractivity contribution is 7.99. The van der Waals surface area contributed by atoms with Gasteiger partial charge in [0.2, 0.25) is 5.91 Å². The maximum atomic E-state index is 12.5. The lowest BCUT2D eigenvalue weighted by Gasteiger charge is -2.12. The first-order valence-corrected chi connectivity index (χ1v) is 10.4. The summed E-state index contributed by atoms with van der Waals surface area (Å²) in [6, 6.07) is 13.5. The van der Waals surface area contributed by atoms with Gasteiger partial charge in [0.05, 0.1) is 24.7 Å². The first-order chi connectivity index (χ1) is 14.1. The molecule has 0 spiro atoms. The summed E-state index contributed by atoms with van der Waals surface area (Å²) in [6.45, 7) is 5.19. The summed E-state index contributed by atoms with van der Waals surface area (Å²) in [6.07, 6.45) is 0.841. The number of hydrogen-bond donors (Lipinski definition) is 1. The highest BCUT2D eigenvalue weighted by Gasteiger charge is 2.16. The zero-order valence-corrected chi connectivity index (χ0v) is 17.2. The van der Waals surface area contributed by atoms with Crippen molar-refractivity contribution in [3.8, 4) is 17.2 Å². The van der Waals surface area contributed by atoms with Crippen molar-refractivity contribution in [1.29, 1.82) is 0 Å². The van der Waals surface area contributed by atoms with Crippen molar-refractivity contribution < 1.29 is 14.3 Å². The molecule has 2 aromatic carbocycles. The van der Waals surface area contributed by atoms with Crippen LogP contribution in [0.5, 0.6) is 11.5 Å². The number of anilines is 1. The van der Waals surface area contributed by atoms with Crippen LogP contribution in [0, 0.1) is 13.8 Å². The summed E-state index contributed by atoms with van der Waals surface area (Å²) in [5.74, 6) is 2.24. The van der Waals surface area contributed by atoms with Crippen LogP contribution in [0.15, 0.2) is 47.6 Å². The average molecular weight is 410 g/mol. The highest BCUT2D eigenvalue weighted by Crippen LogP contribution is 2.32. The fourth-order valence-corrected chi connectivity index (χ4v) is 3.89. The van der Waals surface area contributed by atoms with Gasteiger partial charge in [0.1, 0.15) is 5.82 Å². The van der Waals surface area contributed by atoms with Crippen molar-refractivity contribution in [3.63, 3.8) is 0 Å². The molecule has 3 aromatic rings. The average Bonchev–Trinajstić information content (AvgIpc) is 2.92. The number of amides is 1. The zero-order chi connectivity index (χ0) is 20.2. The Balaban J connectivity index is 1.43. The quantitative estimate of drug-likeness (QED) is 0.645. The molecule has 1 aliphatic rings. The van der Waals surface area contributed by atoms with Crippen molar-refractivity contribution >= 4 is 23.4 Å². The summed E-state index contributed by atoms with van der Waals surface area (Å²) in [7, 11) is 0. The molecule has 1 amide bonds. The highest BCUT2D eigenvalue weighted by atomic mass is 32.2. The van der Waals surface area contributed by atoms with E-state index < -0.39 is 0 Å². The van der Waals surface area contributed by atoms with Gasteiger partial charge in [-0.15, -0.1) is 10.2 Å². The van der Waals surface area contributed by atoms with Crippen LogP contribution in [0.1, 0.15) is 17.8 Å². The van der Waals surface area contributed by atoms with E-state index >= 15 is 0 Å². The number of benzene rings is 2. The molecule has 0 saturated carbocycles. The third-order valence-electron chi connectivity index (χ3n) is 4.52. The molecular formula is C21H22N4O3S. The topological polar surface area (TPSA) is 78.3 Å². The minimum atomic E-state index is -0.124. The molecule has 0 aliphatic carbocycles. The van der Waals surface area contributed by atoms with Crippen LogP contribution < -0.4 is 14.8 Å². The van der Waals surface area contributed by atoms with Crippen LogP contribution in [-0.2, 0) is 4.79 Å². The van der Waals surface area contributed by atoms with E-state index in [4.69, 9.17) is 9.47 Å². The van der Waals surface area contributed by atoms with Crippen LogP contribution in [0.4, 0.5) is 5.69 Å². The molecule has 1 aromatic heterocycles. The molecule has 29 heavy (non-hydrogen) atoms. The summed E-state index contributed by atoms with van der Waals surface area (Å²) in [5, 5.41) is 12.0. The Bertz CT molecular complexity index is 1030. The van der Waals surface area contributed by atoms with Crippen LogP contribution in [0.2, 0.25) is 0 Å². The molecule has 8 heteroatoms. The van der Waals surface area contributed by atoms with Gasteiger partial charge in [-0.3, -0.25) is 9.36 Å². The third-order valence-corrected chi connectivity index (χ3v) is 5.44. The van der Waals surface area contributed by atoms with E-state index in [2.05, 4.69) is 15.5 Å². The lowest BCUT2D eigenvalue weighted by molar-refractivity contribution is -0.113. The Kier molecular flexibility index (Phi) is 5.71. The molecule has 2 heterocycles. The smallest absolute Gasteiger partial charge is 0.234 e. The van der Waals surface area contributed by atoms with E-state index in [1.165, 1.54) is 11.8 Å². The minimum absolute atomic E-state index is 0.124. The van der Waals surface area contributed by atoms with E-state index in [9.17, 15) is 4.79 Å². The number of aromatic nitrogens is 3. The number of ether oxygens (including phenoxy) is 2. The second-order valence-corrected chi connectivity index (χ2v) is 7.64. The van der Waals surface area contributed by atoms with Gasteiger partial charge in [-0.05, 0) is 37.6 Å². The summed E-state index contributed by atoms with van der Waals surface area (Å²) in [5.41, 5.74) is 2.81. The number of carbonyl (C=O) groups is 1. The SMILES string of the molecule is Cc1ccccc1-n1c(C)nnc1SCC(=O)Nc1ccc2c(c1)OCCCO2. The normalized spacial score (nSPS) is 13.0. The van der Waals surface area contributed by atoms with E-state index in [0.717, 1.165) is 23.5 Å². The fraction of sp³-hybridized carbons (Fsp3) is 0.286. The van der Waals surface area contributed by atoms with Crippen LogP contribution in [0.25, 0.3) is 5.69 Å². The fourth-order valence-electron chi connectivity index (χ4n) is 3.10. The van der Waals surface area contributed by atoms with Crippen LogP contribution in [0.3, 0.4) is 0 Å². The number of rotatable bonds is 5. The van der Waals surface area contributed by atoms with Crippen molar-refractivity contribution in [3.05, 3.63) is 53.9 Å². The van der Waals surface area contributed by atoms with Gasteiger partial charge in [0.25, 0.3) is 0 Å². The maximum Gasteiger partial charge on any atom is 0.234 e. The number of para-hydroxylation sites is 1. The minimum Gasteiger partial charge on any atom is -0.490 e. The van der Waals surface area contributed by atoms with Crippen LogP contribution >= 0.6 is 11.8 Å². The number of thioether (sulfide) groups is 1. The molecule has 0 fully saturated rings. The Labute approximate surface area is 173 Å². The molecule has 0 bridgehead atoms. The standard InChI is InChI=1S/C21H22N4O3S/c1-14-6-3-4-7-17(14)25-15(2)23-24-21(25)29-13-20(26)22-16-8-9-18-19(12-16)28-11-5-10-27-18/h3-4,6-9,12H,5,10-11,13H2,1-2H3,(H,22,26). The summed E-state index contributed by atoms with van der Waals surface area (Å²) >= 11 is 1.35. The monoisotopic (exact) mass is 410 g/mol. The Morgan fingerprint density at radius 1 is 1.10 bits per heavy atom.